The maximum Gasteiger partial charge on any atom is 0.0718 e. The number of likely N-dealkylation sites (tertiary alicyclic amines) is 1. The van der Waals surface area contributed by atoms with Crippen molar-refractivity contribution in [2.75, 3.05) is 19.6 Å². The molecule has 0 aromatic rings. The Labute approximate surface area is 99.8 Å². The minimum Gasteiger partial charge on any atom is -0.389 e. The molecule has 1 N–H and O–H groups in total. The second-order valence-corrected chi connectivity index (χ2v) is 6.52. The van der Waals surface area contributed by atoms with Crippen molar-refractivity contribution < 1.29 is 9.84 Å². The third-order valence-corrected chi connectivity index (χ3v) is 2.67. The maximum atomic E-state index is 9.75. The Hall–Kier alpha value is -0.120. The van der Waals surface area contributed by atoms with Gasteiger partial charge in [0.25, 0.3) is 0 Å². The summed E-state index contributed by atoms with van der Waals surface area (Å²) in [6.45, 7) is 12.9. The van der Waals surface area contributed by atoms with E-state index in [0.29, 0.717) is 6.10 Å². The Bertz CT molecular complexity index is 183. The molecule has 1 aliphatic rings. The Kier molecular flexibility index (Phi) is 4.38. The standard InChI is InChI=1S/C13H27NO2/c1-12(2,3)16-11-6-8-14(9-7-11)10-13(4,5)15/h11,15H,6-10H2,1-5H3. The molecule has 0 bridgehead atoms. The predicted molar refractivity (Wildman–Crippen MR) is 66.6 cm³/mol. The number of hydrogen-bond acceptors (Lipinski definition) is 3. The highest BCUT2D eigenvalue weighted by Gasteiger charge is 2.26. The minimum absolute atomic E-state index is 0.0386. The molecule has 1 aliphatic heterocycles. The Balaban J connectivity index is 2.29. The van der Waals surface area contributed by atoms with Crippen LogP contribution < -0.4 is 0 Å². The van der Waals surface area contributed by atoms with Crippen LogP contribution in [0, 0.1) is 0 Å². The first-order valence-corrected chi connectivity index (χ1v) is 6.28. The van der Waals surface area contributed by atoms with Crippen molar-refractivity contribution in [1.29, 1.82) is 0 Å². The van der Waals surface area contributed by atoms with Crippen molar-refractivity contribution in [2.24, 2.45) is 0 Å². The van der Waals surface area contributed by atoms with E-state index in [4.69, 9.17) is 4.74 Å². The normalized spacial score (nSPS) is 21.4. The molecule has 0 saturated carbocycles. The van der Waals surface area contributed by atoms with Crippen molar-refractivity contribution in [3.05, 3.63) is 0 Å². The van der Waals surface area contributed by atoms with Gasteiger partial charge in [-0.15, -0.1) is 0 Å². The SMILES string of the molecule is CC(C)(O)CN1CCC(OC(C)(C)C)CC1. The molecule has 0 aromatic carbocycles. The average molecular weight is 229 g/mol. The third kappa shape index (κ3) is 5.83. The van der Waals surface area contributed by atoms with E-state index in [0.717, 1.165) is 32.5 Å². The first kappa shape index (κ1) is 13.9. The maximum absolute atomic E-state index is 9.75. The van der Waals surface area contributed by atoms with Crippen molar-refractivity contribution in [2.45, 2.75) is 64.8 Å². The van der Waals surface area contributed by atoms with Crippen LogP contribution in [0.4, 0.5) is 0 Å². The van der Waals surface area contributed by atoms with Gasteiger partial charge in [-0.05, 0) is 47.5 Å². The lowest BCUT2D eigenvalue weighted by Crippen LogP contribution is -2.45. The van der Waals surface area contributed by atoms with Gasteiger partial charge in [0, 0.05) is 19.6 Å². The van der Waals surface area contributed by atoms with Gasteiger partial charge in [-0.1, -0.05) is 0 Å². The fourth-order valence-corrected chi connectivity index (χ4v) is 2.23. The molecule has 1 rings (SSSR count). The van der Waals surface area contributed by atoms with E-state index in [1.54, 1.807) is 0 Å². The van der Waals surface area contributed by atoms with Crippen LogP contribution in [0.25, 0.3) is 0 Å². The van der Waals surface area contributed by atoms with Crippen molar-refractivity contribution in [1.82, 2.24) is 4.90 Å². The zero-order valence-electron chi connectivity index (χ0n) is 11.4. The van der Waals surface area contributed by atoms with E-state index in [1.807, 2.05) is 13.8 Å². The Morgan fingerprint density at radius 1 is 1.12 bits per heavy atom. The number of piperidine rings is 1. The molecule has 1 heterocycles. The van der Waals surface area contributed by atoms with Crippen LogP contribution in [0.1, 0.15) is 47.5 Å². The molecular weight excluding hydrogens is 202 g/mol. The predicted octanol–water partition coefficient (Wildman–Crippen LogP) is 2.04. The molecule has 0 atom stereocenters. The number of ether oxygens (including phenoxy) is 1. The molecule has 0 amide bonds. The highest BCUT2D eigenvalue weighted by molar-refractivity contribution is 4.79. The van der Waals surface area contributed by atoms with Gasteiger partial charge < -0.3 is 14.7 Å². The molecule has 0 spiro atoms. The zero-order valence-corrected chi connectivity index (χ0v) is 11.4. The number of aliphatic hydroxyl groups is 1. The highest BCUT2D eigenvalue weighted by Crippen LogP contribution is 2.21. The Morgan fingerprint density at radius 2 is 1.62 bits per heavy atom. The lowest BCUT2D eigenvalue weighted by atomic mass is 10.0. The summed E-state index contributed by atoms with van der Waals surface area (Å²) in [4.78, 5) is 2.32. The molecule has 0 aromatic heterocycles. The smallest absolute Gasteiger partial charge is 0.0718 e. The summed E-state index contributed by atoms with van der Waals surface area (Å²) in [5.41, 5.74) is -0.624. The van der Waals surface area contributed by atoms with Crippen LogP contribution in [0.15, 0.2) is 0 Å². The van der Waals surface area contributed by atoms with Gasteiger partial charge >= 0.3 is 0 Å². The topological polar surface area (TPSA) is 32.7 Å². The molecule has 0 unspecified atom stereocenters. The van der Waals surface area contributed by atoms with Crippen molar-refractivity contribution >= 4 is 0 Å². The van der Waals surface area contributed by atoms with E-state index in [2.05, 4.69) is 25.7 Å². The first-order valence-electron chi connectivity index (χ1n) is 6.28. The van der Waals surface area contributed by atoms with Crippen molar-refractivity contribution in [3.63, 3.8) is 0 Å². The molecule has 1 saturated heterocycles. The van der Waals surface area contributed by atoms with Crippen LogP contribution >= 0.6 is 0 Å². The first-order chi connectivity index (χ1) is 7.16. The van der Waals surface area contributed by atoms with Crippen molar-refractivity contribution in [3.8, 4) is 0 Å². The largest absolute Gasteiger partial charge is 0.389 e. The fraction of sp³-hybridized carbons (Fsp3) is 1.00. The molecule has 1 fully saturated rings. The summed E-state index contributed by atoms with van der Waals surface area (Å²) < 4.78 is 5.97. The molecular formula is C13H27NO2. The van der Waals surface area contributed by atoms with Gasteiger partial charge in [0.15, 0.2) is 0 Å². The summed E-state index contributed by atoms with van der Waals surface area (Å²) in [6.07, 6.45) is 2.54. The minimum atomic E-state index is -0.586. The molecule has 96 valence electrons. The Morgan fingerprint density at radius 3 is 2.00 bits per heavy atom. The molecule has 0 aliphatic carbocycles. The lowest BCUT2D eigenvalue weighted by Gasteiger charge is -2.37. The fourth-order valence-electron chi connectivity index (χ4n) is 2.23. The van der Waals surface area contributed by atoms with E-state index in [1.165, 1.54) is 0 Å². The monoisotopic (exact) mass is 229 g/mol. The number of rotatable bonds is 3. The van der Waals surface area contributed by atoms with Crippen LogP contribution in [0.5, 0.6) is 0 Å². The summed E-state index contributed by atoms with van der Waals surface area (Å²) in [6, 6.07) is 0. The van der Waals surface area contributed by atoms with E-state index >= 15 is 0 Å². The summed E-state index contributed by atoms with van der Waals surface area (Å²) in [5, 5.41) is 9.75. The van der Waals surface area contributed by atoms with Gasteiger partial charge in [0.05, 0.1) is 17.3 Å². The van der Waals surface area contributed by atoms with Gasteiger partial charge in [0.1, 0.15) is 0 Å². The van der Waals surface area contributed by atoms with Crippen LogP contribution in [0.3, 0.4) is 0 Å². The van der Waals surface area contributed by atoms with E-state index in [-0.39, 0.29) is 5.60 Å². The van der Waals surface area contributed by atoms with Gasteiger partial charge in [-0.25, -0.2) is 0 Å². The van der Waals surface area contributed by atoms with Gasteiger partial charge in [-0.3, -0.25) is 0 Å². The second kappa shape index (κ2) is 5.03. The quantitative estimate of drug-likeness (QED) is 0.804. The van der Waals surface area contributed by atoms with Crippen LogP contribution in [-0.2, 0) is 4.74 Å². The lowest BCUT2D eigenvalue weighted by molar-refractivity contribution is -0.0874. The zero-order chi connectivity index (χ0) is 12.4. The van der Waals surface area contributed by atoms with Crippen LogP contribution in [0.2, 0.25) is 0 Å². The summed E-state index contributed by atoms with van der Waals surface area (Å²) >= 11 is 0. The summed E-state index contributed by atoms with van der Waals surface area (Å²) in [7, 11) is 0. The van der Waals surface area contributed by atoms with E-state index in [9.17, 15) is 5.11 Å². The molecule has 16 heavy (non-hydrogen) atoms. The third-order valence-electron chi connectivity index (χ3n) is 2.67. The second-order valence-electron chi connectivity index (χ2n) is 6.52. The molecule has 3 heteroatoms. The van der Waals surface area contributed by atoms with E-state index < -0.39 is 5.60 Å². The van der Waals surface area contributed by atoms with Gasteiger partial charge in [-0.2, -0.15) is 0 Å². The molecule has 0 radical (unpaired) electrons. The number of β-amino-alcohol motifs (C(OH)–C–C–N with tert-alkyl or cyclic N) is 1. The average Bonchev–Trinajstić information content (AvgIpc) is 2.03. The van der Waals surface area contributed by atoms with Gasteiger partial charge in [0.2, 0.25) is 0 Å². The number of nitrogens with zero attached hydrogens (tertiary/aromatic N) is 1. The summed E-state index contributed by atoms with van der Waals surface area (Å²) in [5.74, 6) is 0. The number of hydrogen-bond donors (Lipinski definition) is 1. The molecule has 3 nitrogen and oxygen atoms in total. The highest BCUT2D eigenvalue weighted by atomic mass is 16.5. The van der Waals surface area contributed by atoms with Crippen LogP contribution in [-0.4, -0.2) is 46.9 Å².